The Hall–Kier alpha value is -2.21. The lowest BCUT2D eigenvalue weighted by atomic mass is 10.1. The van der Waals surface area contributed by atoms with Crippen LogP contribution >= 0.6 is 11.3 Å². The molecule has 23 heavy (non-hydrogen) atoms. The number of amides is 2. The predicted molar refractivity (Wildman–Crippen MR) is 92.5 cm³/mol. The first-order valence-corrected chi connectivity index (χ1v) is 8.51. The zero-order valence-electron chi connectivity index (χ0n) is 13.6. The van der Waals surface area contributed by atoms with Gasteiger partial charge in [0.2, 0.25) is 5.91 Å². The molecule has 0 aliphatic rings. The molecule has 2 aromatic rings. The van der Waals surface area contributed by atoms with Crippen molar-refractivity contribution in [3.05, 3.63) is 40.2 Å². The van der Waals surface area contributed by atoms with Crippen molar-refractivity contribution < 1.29 is 9.59 Å². The third-order valence-corrected chi connectivity index (χ3v) is 4.21. The maximum Gasteiger partial charge on any atom is 0.256 e. The van der Waals surface area contributed by atoms with Crippen LogP contribution in [0.3, 0.4) is 0 Å². The van der Waals surface area contributed by atoms with Gasteiger partial charge in [-0.15, -0.1) is 0 Å². The van der Waals surface area contributed by atoms with E-state index in [2.05, 4.69) is 10.3 Å². The maximum absolute atomic E-state index is 12.7. The fourth-order valence-corrected chi connectivity index (χ4v) is 2.95. The number of rotatable bonds is 6. The van der Waals surface area contributed by atoms with Crippen molar-refractivity contribution in [1.29, 1.82) is 0 Å². The summed E-state index contributed by atoms with van der Waals surface area (Å²) in [5.74, 6) is -0.329. The molecular weight excluding hydrogens is 310 g/mol. The van der Waals surface area contributed by atoms with Crippen LogP contribution < -0.4 is 5.32 Å². The molecule has 0 fully saturated rings. The number of hydrogen-bond donors (Lipinski definition) is 1. The van der Waals surface area contributed by atoms with Gasteiger partial charge in [0.15, 0.2) is 0 Å². The van der Waals surface area contributed by atoms with Crippen LogP contribution in [0, 0.1) is 6.92 Å². The molecular formula is C17H21N3O2S. The fraction of sp³-hybridized carbons (Fsp3) is 0.353. The topological polar surface area (TPSA) is 62.3 Å². The highest BCUT2D eigenvalue weighted by Crippen LogP contribution is 2.22. The highest BCUT2D eigenvalue weighted by molar-refractivity contribution is 7.08. The lowest BCUT2D eigenvalue weighted by Gasteiger charge is -2.22. The average molecular weight is 331 g/mol. The van der Waals surface area contributed by atoms with Crippen LogP contribution in [-0.2, 0) is 4.79 Å². The molecule has 0 atom stereocenters. The van der Waals surface area contributed by atoms with E-state index in [-0.39, 0.29) is 18.4 Å². The first-order valence-electron chi connectivity index (χ1n) is 7.56. The number of pyridine rings is 1. The molecule has 2 rings (SSSR count). The van der Waals surface area contributed by atoms with Crippen LogP contribution in [0.4, 0.5) is 0 Å². The summed E-state index contributed by atoms with van der Waals surface area (Å²) in [6.07, 6.45) is 0.794. The molecule has 2 amide bonds. The van der Waals surface area contributed by atoms with Crippen LogP contribution in [0.2, 0.25) is 0 Å². The number of carbonyl (C=O) groups excluding carboxylic acids is 2. The second kappa shape index (κ2) is 7.87. The Morgan fingerprint density at radius 2 is 2.09 bits per heavy atom. The van der Waals surface area contributed by atoms with E-state index in [9.17, 15) is 9.59 Å². The summed E-state index contributed by atoms with van der Waals surface area (Å²) in [7, 11) is 1.57. The van der Waals surface area contributed by atoms with E-state index in [1.54, 1.807) is 29.4 Å². The number of likely N-dealkylation sites (N-methyl/N-ethyl adjacent to an activating group) is 1. The number of thiophene rings is 1. The van der Waals surface area contributed by atoms with Crippen molar-refractivity contribution in [3.63, 3.8) is 0 Å². The van der Waals surface area contributed by atoms with Gasteiger partial charge in [-0.1, -0.05) is 6.92 Å². The summed E-state index contributed by atoms with van der Waals surface area (Å²) in [5, 5.41) is 6.58. The normalized spacial score (nSPS) is 10.4. The van der Waals surface area contributed by atoms with Crippen LogP contribution in [0.5, 0.6) is 0 Å². The summed E-state index contributed by atoms with van der Waals surface area (Å²) in [5.41, 5.74) is 3.12. The Labute approximate surface area is 140 Å². The number of nitrogens with zero attached hydrogens (tertiary/aromatic N) is 2. The minimum absolute atomic E-state index is 0.0644. The van der Waals surface area contributed by atoms with Crippen molar-refractivity contribution in [1.82, 2.24) is 15.2 Å². The number of aromatic nitrogens is 1. The smallest absolute Gasteiger partial charge is 0.256 e. The maximum atomic E-state index is 12.7. The molecule has 0 aromatic carbocycles. The van der Waals surface area contributed by atoms with E-state index < -0.39 is 0 Å². The lowest BCUT2D eigenvalue weighted by molar-refractivity contribution is -0.121. The molecule has 0 saturated heterocycles. The van der Waals surface area contributed by atoms with E-state index in [0.29, 0.717) is 17.8 Å². The van der Waals surface area contributed by atoms with Crippen molar-refractivity contribution in [2.75, 3.05) is 20.1 Å². The Kier molecular flexibility index (Phi) is 5.87. The molecule has 0 aliphatic heterocycles. The summed E-state index contributed by atoms with van der Waals surface area (Å²) in [4.78, 5) is 30.4. The van der Waals surface area contributed by atoms with Gasteiger partial charge in [-0.05, 0) is 36.9 Å². The summed E-state index contributed by atoms with van der Waals surface area (Å²) in [6, 6.07) is 5.65. The van der Waals surface area contributed by atoms with Gasteiger partial charge in [0, 0.05) is 24.5 Å². The van der Waals surface area contributed by atoms with Crippen molar-refractivity contribution in [3.8, 4) is 11.3 Å². The molecule has 1 N–H and O–H groups in total. The van der Waals surface area contributed by atoms with E-state index in [1.807, 2.05) is 36.7 Å². The Bertz CT molecular complexity index is 683. The van der Waals surface area contributed by atoms with Gasteiger partial charge in [0.05, 0.1) is 23.5 Å². The summed E-state index contributed by atoms with van der Waals surface area (Å²) in [6.45, 7) is 4.41. The molecule has 0 unspecified atom stereocenters. The van der Waals surface area contributed by atoms with Crippen molar-refractivity contribution in [2.45, 2.75) is 20.3 Å². The average Bonchev–Trinajstić information content (AvgIpc) is 3.08. The first-order chi connectivity index (χ1) is 11.1. The van der Waals surface area contributed by atoms with E-state index in [4.69, 9.17) is 0 Å². The Balaban J connectivity index is 2.25. The molecule has 0 spiro atoms. The zero-order valence-corrected chi connectivity index (χ0v) is 14.4. The first kappa shape index (κ1) is 17.1. The molecule has 122 valence electrons. The van der Waals surface area contributed by atoms with Crippen LogP contribution in [0.1, 0.15) is 29.4 Å². The largest absolute Gasteiger partial charge is 0.358 e. The number of aryl methyl sites for hydroxylation is 1. The van der Waals surface area contributed by atoms with Gasteiger partial charge in [-0.3, -0.25) is 14.6 Å². The molecule has 2 aromatic heterocycles. The third kappa shape index (κ3) is 4.16. The molecule has 0 saturated carbocycles. The Morgan fingerprint density at radius 1 is 1.30 bits per heavy atom. The predicted octanol–water partition coefficient (Wildman–Crippen LogP) is 2.72. The van der Waals surface area contributed by atoms with Gasteiger partial charge in [0.25, 0.3) is 5.91 Å². The van der Waals surface area contributed by atoms with Crippen LogP contribution in [0.15, 0.2) is 29.0 Å². The zero-order chi connectivity index (χ0) is 16.8. The minimum atomic E-state index is -0.174. The number of nitrogens with one attached hydrogen (secondary N) is 1. The SMILES string of the molecule is CCCN(CC(=O)NC)C(=O)c1ccc(-c2ccsc2)nc1C. The highest BCUT2D eigenvalue weighted by atomic mass is 32.1. The molecule has 0 bridgehead atoms. The highest BCUT2D eigenvalue weighted by Gasteiger charge is 2.20. The van der Waals surface area contributed by atoms with Crippen molar-refractivity contribution in [2.24, 2.45) is 0 Å². The van der Waals surface area contributed by atoms with Crippen LogP contribution in [-0.4, -0.2) is 41.8 Å². The van der Waals surface area contributed by atoms with E-state index >= 15 is 0 Å². The van der Waals surface area contributed by atoms with Gasteiger partial charge < -0.3 is 10.2 Å². The monoisotopic (exact) mass is 331 g/mol. The molecule has 2 heterocycles. The van der Waals surface area contributed by atoms with Gasteiger partial charge in [-0.25, -0.2) is 0 Å². The van der Waals surface area contributed by atoms with Gasteiger partial charge >= 0.3 is 0 Å². The number of hydrogen-bond acceptors (Lipinski definition) is 4. The van der Waals surface area contributed by atoms with Gasteiger partial charge in [-0.2, -0.15) is 11.3 Å². The summed E-state index contributed by atoms with van der Waals surface area (Å²) < 4.78 is 0. The lowest BCUT2D eigenvalue weighted by Crippen LogP contribution is -2.40. The molecule has 6 heteroatoms. The second-order valence-corrected chi connectivity index (χ2v) is 6.02. The van der Waals surface area contributed by atoms with Crippen LogP contribution in [0.25, 0.3) is 11.3 Å². The van der Waals surface area contributed by atoms with E-state index in [1.165, 1.54) is 0 Å². The third-order valence-electron chi connectivity index (χ3n) is 3.53. The van der Waals surface area contributed by atoms with E-state index in [0.717, 1.165) is 17.7 Å². The minimum Gasteiger partial charge on any atom is -0.358 e. The molecule has 5 nitrogen and oxygen atoms in total. The summed E-state index contributed by atoms with van der Waals surface area (Å²) >= 11 is 1.61. The molecule has 0 aliphatic carbocycles. The molecule has 0 radical (unpaired) electrons. The fourth-order valence-electron chi connectivity index (χ4n) is 2.30. The second-order valence-electron chi connectivity index (χ2n) is 5.24. The Morgan fingerprint density at radius 3 is 2.65 bits per heavy atom. The quantitative estimate of drug-likeness (QED) is 0.885. The van der Waals surface area contributed by atoms with Gasteiger partial charge in [0.1, 0.15) is 0 Å². The standard InChI is InChI=1S/C17H21N3O2S/c1-4-8-20(10-16(21)18-3)17(22)14-5-6-15(19-12(14)2)13-7-9-23-11-13/h5-7,9,11H,4,8,10H2,1-3H3,(H,18,21). The number of carbonyl (C=O) groups is 2. The van der Waals surface area contributed by atoms with Crippen molar-refractivity contribution >= 4 is 23.2 Å².